The summed E-state index contributed by atoms with van der Waals surface area (Å²) < 4.78 is 49.0. The maximum absolute atomic E-state index is 12.7. The monoisotopic (exact) mass is 367 g/mol. The lowest BCUT2D eigenvalue weighted by molar-refractivity contribution is -0.137. The number of halogens is 3. The van der Waals surface area contributed by atoms with Crippen molar-refractivity contribution in [3.8, 4) is 11.5 Å². The van der Waals surface area contributed by atoms with Crippen LogP contribution in [-0.4, -0.2) is 19.1 Å². The maximum atomic E-state index is 12.7. The molecule has 0 aliphatic rings. The number of amides is 1. The molecule has 1 N–H and O–H groups in total. The molecule has 140 valence electrons. The van der Waals surface area contributed by atoms with E-state index in [9.17, 15) is 18.0 Å². The number of rotatable bonds is 7. The average Bonchev–Trinajstić information content (AvgIpc) is 2.64. The van der Waals surface area contributed by atoms with Gasteiger partial charge >= 0.3 is 6.18 Å². The van der Waals surface area contributed by atoms with Crippen LogP contribution in [0.3, 0.4) is 0 Å². The van der Waals surface area contributed by atoms with Crippen molar-refractivity contribution < 1.29 is 27.4 Å². The number of nitrogens with one attached hydrogen (secondary N) is 1. The van der Waals surface area contributed by atoms with Crippen LogP contribution in [0.1, 0.15) is 24.5 Å². The number of hydrogen-bond donors (Lipinski definition) is 1. The van der Waals surface area contributed by atoms with Gasteiger partial charge in [0, 0.05) is 12.6 Å². The van der Waals surface area contributed by atoms with E-state index >= 15 is 0 Å². The number of methoxy groups -OCH3 is 1. The van der Waals surface area contributed by atoms with E-state index in [-0.39, 0.29) is 6.54 Å². The van der Waals surface area contributed by atoms with E-state index in [2.05, 4.69) is 5.32 Å². The summed E-state index contributed by atoms with van der Waals surface area (Å²) in [6, 6.07) is 11.7. The smallest absolute Gasteiger partial charge is 0.416 e. The highest BCUT2D eigenvalue weighted by Gasteiger charge is 2.30. The van der Waals surface area contributed by atoms with Crippen molar-refractivity contribution >= 4 is 5.91 Å². The molecule has 0 radical (unpaired) electrons. The maximum Gasteiger partial charge on any atom is 0.416 e. The molecule has 1 atom stereocenters. The second-order valence-electron chi connectivity index (χ2n) is 5.61. The van der Waals surface area contributed by atoms with Gasteiger partial charge in [0.25, 0.3) is 5.91 Å². The van der Waals surface area contributed by atoms with Crippen molar-refractivity contribution in [2.24, 2.45) is 0 Å². The first-order valence-electron chi connectivity index (χ1n) is 8.08. The normalized spacial score (nSPS) is 12.3. The van der Waals surface area contributed by atoms with Crippen molar-refractivity contribution in [3.05, 3.63) is 59.7 Å². The summed E-state index contributed by atoms with van der Waals surface area (Å²) in [6.45, 7) is 1.77. The number of carbonyl (C=O) groups excluding carboxylic acids is 1. The van der Waals surface area contributed by atoms with Crippen LogP contribution in [-0.2, 0) is 17.5 Å². The fraction of sp³-hybridized carbons (Fsp3) is 0.316. The molecule has 7 heteroatoms. The van der Waals surface area contributed by atoms with Crippen molar-refractivity contribution in [2.45, 2.75) is 32.2 Å². The molecule has 0 fully saturated rings. The van der Waals surface area contributed by atoms with Gasteiger partial charge in [-0.15, -0.1) is 0 Å². The zero-order valence-electron chi connectivity index (χ0n) is 14.5. The number of hydrogen-bond acceptors (Lipinski definition) is 3. The molecule has 0 bridgehead atoms. The first-order valence-corrected chi connectivity index (χ1v) is 8.08. The van der Waals surface area contributed by atoms with Gasteiger partial charge in [-0.25, -0.2) is 0 Å². The van der Waals surface area contributed by atoms with Crippen LogP contribution in [0.4, 0.5) is 13.2 Å². The van der Waals surface area contributed by atoms with Gasteiger partial charge in [0.2, 0.25) is 0 Å². The molecule has 0 heterocycles. The molecule has 0 aliphatic carbocycles. The Morgan fingerprint density at radius 2 is 1.81 bits per heavy atom. The van der Waals surface area contributed by atoms with E-state index < -0.39 is 23.8 Å². The largest absolute Gasteiger partial charge is 0.497 e. The average molecular weight is 367 g/mol. The van der Waals surface area contributed by atoms with Crippen LogP contribution >= 0.6 is 0 Å². The zero-order chi connectivity index (χ0) is 19.2. The number of ether oxygens (including phenoxy) is 2. The summed E-state index contributed by atoms with van der Waals surface area (Å²) in [5, 5.41) is 2.61. The minimum absolute atomic E-state index is 0.0132. The van der Waals surface area contributed by atoms with E-state index in [1.54, 1.807) is 31.2 Å². The summed E-state index contributed by atoms with van der Waals surface area (Å²) in [7, 11) is 1.53. The van der Waals surface area contributed by atoms with E-state index in [1.165, 1.54) is 19.2 Å². The Bertz CT molecular complexity index is 747. The molecule has 2 aromatic carbocycles. The van der Waals surface area contributed by atoms with Gasteiger partial charge in [-0.1, -0.05) is 25.1 Å². The first-order chi connectivity index (χ1) is 12.3. The molecule has 1 amide bonds. The van der Waals surface area contributed by atoms with Crippen molar-refractivity contribution in [2.75, 3.05) is 7.11 Å². The molecule has 0 saturated heterocycles. The highest BCUT2D eigenvalue weighted by molar-refractivity contribution is 5.81. The summed E-state index contributed by atoms with van der Waals surface area (Å²) in [6.07, 6.45) is -4.76. The molecule has 0 saturated carbocycles. The molecule has 4 nitrogen and oxygen atoms in total. The van der Waals surface area contributed by atoms with Gasteiger partial charge in [-0.2, -0.15) is 13.2 Å². The summed E-state index contributed by atoms with van der Waals surface area (Å²) in [5.74, 6) is 0.680. The lowest BCUT2D eigenvalue weighted by Crippen LogP contribution is -2.37. The minimum Gasteiger partial charge on any atom is -0.497 e. The predicted octanol–water partition coefficient (Wildman–Crippen LogP) is 4.19. The van der Waals surface area contributed by atoms with Gasteiger partial charge in [-0.05, 0) is 36.2 Å². The number of carbonyl (C=O) groups is 1. The highest BCUT2D eigenvalue weighted by Crippen LogP contribution is 2.29. The summed E-state index contributed by atoms with van der Waals surface area (Å²) in [5.41, 5.74) is -0.381. The van der Waals surface area contributed by atoms with Crippen LogP contribution in [0.25, 0.3) is 0 Å². The Balaban J connectivity index is 1.99. The Morgan fingerprint density at radius 1 is 1.12 bits per heavy atom. The third kappa shape index (κ3) is 5.40. The summed E-state index contributed by atoms with van der Waals surface area (Å²) >= 11 is 0. The lowest BCUT2D eigenvalue weighted by atomic mass is 10.1. The van der Waals surface area contributed by atoms with Crippen LogP contribution in [0.5, 0.6) is 11.5 Å². The fourth-order valence-corrected chi connectivity index (χ4v) is 2.32. The van der Waals surface area contributed by atoms with E-state index in [1.807, 2.05) is 0 Å². The van der Waals surface area contributed by atoms with Gasteiger partial charge in [0.1, 0.15) is 11.5 Å². The number of alkyl halides is 3. The molecule has 2 rings (SSSR count). The molecule has 1 unspecified atom stereocenters. The van der Waals surface area contributed by atoms with E-state index in [0.29, 0.717) is 23.5 Å². The topological polar surface area (TPSA) is 47.6 Å². The second-order valence-corrected chi connectivity index (χ2v) is 5.61. The second kappa shape index (κ2) is 8.60. The molecule has 0 aliphatic heterocycles. The Morgan fingerprint density at radius 3 is 2.46 bits per heavy atom. The van der Waals surface area contributed by atoms with Crippen LogP contribution in [0.15, 0.2) is 48.5 Å². The quantitative estimate of drug-likeness (QED) is 0.798. The first kappa shape index (κ1) is 19.6. The Kier molecular flexibility index (Phi) is 6.49. The van der Waals surface area contributed by atoms with Crippen molar-refractivity contribution in [3.63, 3.8) is 0 Å². The Hall–Kier alpha value is -2.70. The Labute approximate surface area is 149 Å². The fourth-order valence-electron chi connectivity index (χ4n) is 2.32. The highest BCUT2D eigenvalue weighted by atomic mass is 19.4. The van der Waals surface area contributed by atoms with Gasteiger partial charge in [0.05, 0.1) is 12.7 Å². The zero-order valence-corrected chi connectivity index (χ0v) is 14.5. The minimum atomic E-state index is -4.42. The van der Waals surface area contributed by atoms with Crippen molar-refractivity contribution in [1.29, 1.82) is 0 Å². The van der Waals surface area contributed by atoms with Crippen LogP contribution in [0, 0.1) is 0 Å². The van der Waals surface area contributed by atoms with Crippen molar-refractivity contribution in [1.82, 2.24) is 5.32 Å². The van der Waals surface area contributed by atoms with Gasteiger partial charge < -0.3 is 14.8 Å². The molecule has 0 spiro atoms. The molecule has 26 heavy (non-hydrogen) atoms. The van der Waals surface area contributed by atoms with Crippen LogP contribution < -0.4 is 14.8 Å². The standard InChI is InChI=1S/C19H20F3NO3/c1-3-17(26-16-9-5-8-15(11-16)25-2)18(24)23-12-13-6-4-7-14(10-13)19(20,21)22/h4-11,17H,3,12H2,1-2H3,(H,23,24). The third-order valence-corrected chi connectivity index (χ3v) is 3.70. The summed E-state index contributed by atoms with van der Waals surface area (Å²) in [4.78, 5) is 12.3. The number of benzene rings is 2. The lowest BCUT2D eigenvalue weighted by Gasteiger charge is -2.18. The van der Waals surface area contributed by atoms with Gasteiger partial charge in [0.15, 0.2) is 6.10 Å². The van der Waals surface area contributed by atoms with E-state index in [0.717, 1.165) is 12.1 Å². The predicted molar refractivity (Wildman–Crippen MR) is 91.0 cm³/mol. The van der Waals surface area contributed by atoms with E-state index in [4.69, 9.17) is 9.47 Å². The third-order valence-electron chi connectivity index (χ3n) is 3.70. The molecular formula is C19H20F3NO3. The molecule has 2 aromatic rings. The van der Waals surface area contributed by atoms with Crippen LogP contribution in [0.2, 0.25) is 0 Å². The van der Waals surface area contributed by atoms with Gasteiger partial charge in [-0.3, -0.25) is 4.79 Å². The SMILES string of the molecule is CCC(Oc1cccc(OC)c1)C(=O)NCc1cccc(C(F)(F)F)c1. The molecular weight excluding hydrogens is 347 g/mol. The molecule has 0 aromatic heterocycles.